The summed E-state index contributed by atoms with van der Waals surface area (Å²) >= 11 is 0. The van der Waals surface area contributed by atoms with Gasteiger partial charge in [0.15, 0.2) is 0 Å². The molecule has 2 aromatic carbocycles. The normalized spacial score (nSPS) is 21.1. The Morgan fingerprint density at radius 1 is 0.894 bits per heavy atom. The standard InChI is InChI=1S/C33H38F7N3O4/c1-19-12-24(34)7-8-25(19)27-18-42(28(44)21-6-5-10-43(17-21)30(46)31(2,3)47)11-9-26(27)29(45)41(4)16-20-13-22(32(35,36)37)15-23(14-20)33(38,39)40/h7-8,12-15,21,26-27,47H,5-6,9-11,16-18H2,1-4H3/t21?,26-,27+/m1/s1. The highest BCUT2D eigenvalue weighted by molar-refractivity contribution is 5.86. The van der Waals surface area contributed by atoms with Crippen molar-refractivity contribution < 1.29 is 50.2 Å². The Bertz CT molecular complexity index is 1470. The number of alkyl halides is 6. The Morgan fingerprint density at radius 3 is 2.06 bits per heavy atom. The van der Waals surface area contributed by atoms with Crippen LogP contribution in [-0.2, 0) is 33.3 Å². The molecule has 14 heteroatoms. The summed E-state index contributed by atoms with van der Waals surface area (Å²) in [6, 6.07) is 5.20. The number of rotatable bonds is 6. The minimum Gasteiger partial charge on any atom is -0.381 e. The lowest BCUT2D eigenvalue weighted by Gasteiger charge is -2.42. The van der Waals surface area contributed by atoms with Crippen molar-refractivity contribution in [3.05, 3.63) is 70.0 Å². The number of nitrogens with zero attached hydrogens (tertiary/aromatic N) is 3. The van der Waals surface area contributed by atoms with Crippen LogP contribution in [-0.4, -0.2) is 76.4 Å². The van der Waals surface area contributed by atoms with Crippen molar-refractivity contribution in [2.75, 3.05) is 33.2 Å². The first-order valence-corrected chi connectivity index (χ1v) is 15.3. The molecule has 4 rings (SSSR count). The summed E-state index contributed by atoms with van der Waals surface area (Å²) in [5, 5.41) is 10.2. The average Bonchev–Trinajstić information content (AvgIpc) is 2.98. The van der Waals surface area contributed by atoms with E-state index >= 15 is 0 Å². The number of halogens is 7. The zero-order valence-electron chi connectivity index (χ0n) is 26.5. The number of amides is 3. The molecule has 0 saturated carbocycles. The lowest BCUT2D eigenvalue weighted by molar-refractivity contribution is -0.153. The Hall–Kier alpha value is -3.68. The molecule has 2 fully saturated rings. The SMILES string of the molecule is Cc1cc(F)ccc1[C@@H]1CN(C(=O)C2CCCN(C(=O)C(C)(C)O)C2)CC[C@H]1C(=O)N(C)Cc1cc(C(F)(F)F)cc(C(F)(F)F)c1. The lowest BCUT2D eigenvalue weighted by atomic mass is 9.77. The van der Waals surface area contributed by atoms with E-state index in [1.54, 1.807) is 11.8 Å². The third-order valence-corrected chi connectivity index (χ3v) is 8.90. The number of hydrogen-bond acceptors (Lipinski definition) is 4. The summed E-state index contributed by atoms with van der Waals surface area (Å²) in [5.74, 6) is -3.83. The van der Waals surface area contributed by atoms with Crippen LogP contribution in [0.1, 0.15) is 66.8 Å². The van der Waals surface area contributed by atoms with Crippen LogP contribution in [0, 0.1) is 24.6 Å². The molecule has 0 bridgehead atoms. The van der Waals surface area contributed by atoms with E-state index in [1.807, 2.05) is 0 Å². The highest BCUT2D eigenvalue weighted by Gasteiger charge is 2.42. The van der Waals surface area contributed by atoms with Gasteiger partial charge in [0.1, 0.15) is 11.4 Å². The van der Waals surface area contributed by atoms with E-state index in [1.165, 1.54) is 44.0 Å². The van der Waals surface area contributed by atoms with Gasteiger partial charge in [-0.05, 0) is 87.1 Å². The van der Waals surface area contributed by atoms with Gasteiger partial charge in [-0.3, -0.25) is 14.4 Å². The number of aliphatic hydroxyl groups is 1. The van der Waals surface area contributed by atoms with Gasteiger partial charge in [0.25, 0.3) is 5.91 Å². The maximum atomic E-state index is 14.1. The summed E-state index contributed by atoms with van der Waals surface area (Å²) in [7, 11) is 1.29. The molecule has 0 radical (unpaired) electrons. The molecule has 0 aromatic heterocycles. The first-order chi connectivity index (χ1) is 21.7. The second kappa shape index (κ2) is 13.4. The monoisotopic (exact) mass is 673 g/mol. The van der Waals surface area contributed by atoms with Gasteiger partial charge in [-0.2, -0.15) is 26.3 Å². The maximum Gasteiger partial charge on any atom is 0.416 e. The third kappa shape index (κ3) is 8.43. The van der Waals surface area contributed by atoms with Crippen molar-refractivity contribution in [1.29, 1.82) is 0 Å². The number of benzene rings is 2. The highest BCUT2D eigenvalue weighted by atomic mass is 19.4. The lowest BCUT2D eigenvalue weighted by Crippen LogP contribution is -2.54. The molecular formula is C33H38F7N3O4. The van der Waals surface area contributed by atoms with Gasteiger partial charge in [0.05, 0.1) is 17.0 Å². The summed E-state index contributed by atoms with van der Waals surface area (Å²) in [6.45, 7) is 4.55. The number of likely N-dealkylation sites (tertiary alicyclic amines) is 2. The fourth-order valence-corrected chi connectivity index (χ4v) is 6.57. The van der Waals surface area contributed by atoms with Crippen molar-refractivity contribution >= 4 is 17.7 Å². The largest absolute Gasteiger partial charge is 0.416 e. The van der Waals surface area contributed by atoms with Gasteiger partial charge in [0, 0.05) is 51.6 Å². The highest BCUT2D eigenvalue weighted by Crippen LogP contribution is 2.39. The van der Waals surface area contributed by atoms with Crippen LogP contribution in [0.2, 0.25) is 0 Å². The molecule has 0 aliphatic carbocycles. The molecule has 2 aliphatic heterocycles. The van der Waals surface area contributed by atoms with Crippen LogP contribution < -0.4 is 0 Å². The number of carbonyl (C=O) groups is 3. The molecule has 47 heavy (non-hydrogen) atoms. The number of carbonyl (C=O) groups excluding carboxylic acids is 3. The Kier molecular flexibility index (Phi) is 10.3. The number of hydrogen-bond donors (Lipinski definition) is 1. The third-order valence-electron chi connectivity index (χ3n) is 8.90. The molecule has 1 N–H and O–H groups in total. The van der Waals surface area contributed by atoms with Gasteiger partial charge < -0.3 is 19.8 Å². The van der Waals surface area contributed by atoms with Crippen LogP contribution in [0.4, 0.5) is 30.7 Å². The first-order valence-electron chi connectivity index (χ1n) is 15.3. The molecule has 3 amide bonds. The van der Waals surface area contributed by atoms with Gasteiger partial charge in [0.2, 0.25) is 11.8 Å². The van der Waals surface area contributed by atoms with Crippen molar-refractivity contribution in [2.45, 2.75) is 70.4 Å². The molecular weight excluding hydrogens is 635 g/mol. The van der Waals surface area contributed by atoms with Gasteiger partial charge in [-0.15, -0.1) is 0 Å². The van der Waals surface area contributed by atoms with Crippen molar-refractivity contribution in [3.8, 4) is 0 Å². The molecule has 258 valence electrons. The summed E-state index contributed by atoms with van der Waals surface area (Å²) in [4.78, 5) is 44.4. The molecule has 7 nitrogen and oxygen atoms in total. The van der Waals surface area contributed by atoms with Gasteiger partial charge in [-0.1, -0.05) is 6.07 Å². The second-order valence-corrected chi connectivity index (χ2v) is 13.0. The topological polar surface area (TPSA) is 81.2 Å². The zero-order valence-corrected chi connectivity index (χ0v) is 26.5. The second-order valence-electron chi connectivity index (χ2n) is 13.0. The van der Waals surface area contributed by atoms with Crippen LogP contribution in [0.15, 0.2) is 36.4 Å². The summed E-state index contributed by atoms with van der Waals surface area (Å²) in [5.41, 5.74) is -3.84. The van der Waals surface area contributed by atoms with Crippen LogP contribution in [0.5, 0.6) is 0 Å². The Morgan fingerprint density at radius 2 is 1.51 bits per heavy atom. The minimum atomic E-state index is -5.04. The Labute approximate surface area is 268 Å². The maximum absolute atomic E-state index is 14.1. The van der Waals surface area contributed by atoms with Gasteiger partial charge >= 0.3 is 12.4 Å². The molecule has 2 aliphatic rings. The van der Waals surface area contributed by atoms with E-state index in [-0.39, 0.29) is 43.6 Å². The Balaban J connectivity index is 1.59. The van der Waals surface area contributed by atoms with E-state index in [0.29, 0.717) is 42.6 Å². The predicted molar refractivity (Wildman–Crippen MR) is 157 cm³/mol. The van der Waals surface area contributed by atoms with Crippen molar-refractivity contribution in [3.63, 3.8) is 0 Å². The molecule has 2 saturated heterocycles. The molecule has 0 spiro atoms. The molecule has 2 heterocycles. The van der Waals surface area contributed by atoms with Gasteiger partial charge in [-0.25, -0.2) is 4.39 Å². The average molecular weight is 674 g/mol. The molecule has 1 unspecified atom stereocenters. The summed E-state index contributed by atoms with van der Waals surface area (Å²) in [6.07, 6.45) is -8.90. The molecule has 3 atom stereocenters. The number of aryl methyl sites for hydroxylation is 1. The summed E-state index contributed by atoms with van der Waals surface area (Å²) < 4.78 is 94.7. The fourth-order valence-electron chi connectivity index (χ4n) is 6.57. The van der Waals surface area contributed by atoms with Crippen LogP contribution in [0.25, 0.3) is 0 Å². The number of piperidine rings is 2. The molecule has 2 aromatic rings. The quantitative estimate of drug-likeness (QED) is 0.395. The van der Waals surface area contributed by atoms with E-state index < -0.39 is 71.0 Å². The van der Waals surface area contributed by atoms with E-state index in [0.717, 1.165) is 4.90 Å². The fraction of sp³-hybridized carbons (Fsp3) is 0.545. The zero-order chi connectivity index (χ0) is 35.1. The van der Waals surface area contributed by atoms with Crippen molar-refractivity contribution in [1.82, 2.24) is 14.7 Å². The van der Waals surface area contributed by atoms with Crippen LogP contribution in [0.3, 0.4) is 0 Å². The van der Waals surface area contributed by atoms with E-state index in [9.17, 15) is 50.2 Å². The predicted octanol–water partition coefficient (Wildman–Crippen LogP) is 5.77. The van der Waals surface area contributed by atoms with E-state index in [2.05, 4.69) is 0 Å². The minimum absolute atomic E-state index is 0.0253. The van der Waals surface area contributed by atoms with Crippen LogP contribution >= 0.6 is 0 Å². The smallest absolute Gasteiger partial charge is 0.381 e. The van der Waals surface area contributed by atoms with E-state index in [4.69, 9.17) is 0 Å². The van der Waals surface area contributed by atoms with Crippen molar-refractivity contribution in [2.24, 2.45) is 11.8 Å². The first kappa shape index (κ1) is 36.2.